The van der Waals surface area contributed by atoms with Crippen LogP contribution in [0.1, 0.15) is 0 Å². The van der Waals surface area contributed by atoms with Gasteiger partial charge < -0.3 is 14.4 Å². The van der Waals surface area contributed by atoms with E-state index in [1.165, 1.54) is 22.1 Å². The lowest BCUT2D eigenvalue weighted by Gasteiger charge is -2.45. The van der Waals surface area contributed by atoms with Gasteiger partial charge in [-0.15, -0.1) is 0 Å². The molecule has 8 nitrogen and oxygen atoms in total. The first-order valence-corrected chi connectivity index (χ1v) is 29.8. The van der Waals surface area contributed by atoms with Crippen LogP contribution in [0.25, 0.3) is 107 Å². The smallest absolute Gasteiger partial charge is 0.252 e. The number of anilines is 6. The van der Waals surface area contributed by atoms with Gasteiger partial charge in [0.15, 0.2) is 23.3 Å². The minimum Gasteiger partial charge on any atom is -0.311 e. The predicted octanol–water partition coefficient (Wildman–Crippen LogP) is 17.5. The van der Waals surface area contributed by atoms with Gasteiger partial charge in [0, 0.05) is 78.2 Å². The number of aromatic nitrogens is 6. The molecular weight excluding hydrogens is 1070 g/mol. The molecule has 3 aromatic heterocycles. The number of hydrogen-bond acceptors (Lipinski definition) is 7. The second kappa shape index (κ2) is 21.1. The maximum absolute atomic E-state index is 5.73. The molecular formula is C79H51BN8. The van der Waals surface area contributed by atoms with Crippen LogP contribution >= 0.6 is 0 Å². The van der Waals surface area contributed by atoms with Crippen LogP contribution in [-0.4, -0.2) is 36.2 Å². The molecule has 0 bridgehead atoms. The van der Waals surface area contributed by atoms with E-state index in [-0.39, 0.29) is 6.71 Å². The van der Waals surface area contributed by atoms with Gasteiger partial charge in [-0.05, 0) is 107 Å². The Balaban J connectivity index is 0.899. The Labute approximate surface area is 509 Å². The summed E-state index contributed by atoms with van der Waals surface area (Å²) in [6.07, 6.45) is 0. The van der Waals surface area contributed by atoms with Gasteiger partial charge in [-0.2, -0.15) is 0 Å². The monoisotopic (exact) mass is 1120 g/mol. The molecule has 88 heavy (non-hydrogen) atoms. The van der Waals surface area contributed by atoms with Gasteiger partial charge in [0.05, 0.1) is 33.8 Å². The van der Waals surface area contributed by atoms with Crippen LogP contribution in [0.2, 0.25) is 0 Å². The number of fused-ring (bicyclic) bond motifs is 7. The number of hydrogen-bond donors (Lipinski definition) is 0. The second-order valence-corrected chi connectivity index (χ2v) is 22.3. The maximum Gasteiger partial charge on any atom is 0.252 e. The van der Waals surface area contributed by atoms with E-state index in [9.17, 15) is 0 Å². The zero-order valence-electron chi connectivity index (χ0n) is 47.6. The molecule has 5 heterocycles. The van der Waals surface area contributed by atoms with E-state index >= 15 is 0 Å². The van der Waals surface area contributed by atoms with Gasteiger partial charge in [0.25, 0.3) is 6.71 Å². The first-order chi connectivity index (χ1) is 43.7. The van der Waals surface area contributed by atoms with Crippen LogP contribution in [0.5, 0.6) is 0 Å². The molecule has 0 fully saturated rings. The fourth-order valence-corrected chi connectivity index (χ4v) is 13.3. The van der Waals surface area contributed by atoms with Crippen molar-refractivity contribution in [3.05, 3.63) is 309 Å². The number of nitrogens with zero attached hydrogens (tertiary/aromatic N) is 8. The molecule has 0 atom stereocenters. The van der Waals surface area contributed by atoms with Crippen molar-refractivity contribution in [2.75, 3.05) is 9.80 Å². The fraction of sp³-hybridized carbons (Fsp3) is 0. The van der Waals surface area contributed by atoms with Crippen molar-refractivity contribution >= 4 is 79.0 Å². The molecule has 0 N–H and O–H groups in total. The van der Waals surface area contributed by atoms with Crippen LogP contribution in [-0.2, 0) is 0 Å². The first-order valence-electron chi connectivity index (χ1n) is 29.8. The largest absolute Gasteiger partial charge is 0.311 e. The van der Waals surface area contributed by atoms with Crippen LogP contribution in [0, 0.1) is 0 Å². The summed E-state index contributed by atoms with van der Waals surface area (Å²) in [6, 6.07) is 110. The van der Waals surface area contributed by atoms with Crippen LogP contribution in [0.4, 0.5) is 34.1 Å². The fourth-order valence-electron chi connectivity index (χ4n) is 13.3. The summed E-state index contributed by atoms with van der Waals surface area (Å²) in [4.78, 5) is 31.7. The third-order valence-electron chi connectivity index (χ3n) is 17.2. The van der Waals surface area contributed by atoms with Crippen molar-refractivity contribution in [3.8, 4) is 84.9 Å². The van der Waals surface area contributed by atoms with E-state index in [0.29, 0.717) is 23.3 Å². The van der Waals surface area contributed by atoms with Crippen LogP contribution < -0.4 is 26.2 Å². The highest BCUT2D eigenvalue weighted by atomic mass is 15.2. The van der Waals surface area contributed by atoms with Gasteiger partial charge in [0.2, 0.25) is 0 Å². The molecule has 15 aromatic rings. The minimum atomic E-state index is -0.0409. The lowest BCUT2D eigenvalue weighted by atomic mass is 9.33. The summed E-state index contributed by atoms with van der Waals surface area (Å²) in [5, 5.41) is 2.32. The molecule has 2 aliphatic heterocycles. The van der Waals surface area contributed by atoms with E-state index in [1.807, 2.05) is 66.7 Å². The Kier molecular flexibility index (Phi) is 12.1. The summed E-state index contributed by atoms with van der Waals surface area (Å²) < 4.78 is 2.37. The molecule has 17 rings (SSSR count). The van der Waals surface area contributed by atoms with Crippen LogP contribution in [0.3, 0.4) is 0 Å². The highest BCUT2D eigenvalue weighted by molar-refractivity contribution is 7.00. The summed E-state index contributed by atoms with van der Waals surface area (Å²) in [6.45, 7) is -0.0409. The van der Waals surface area contributed by atoms with Gasteiger partial charge >= 0.3 is 0 Å². The number of para-hydroxylation sites is 6. The zero-order valence-corrected chi connectivity index (χ0v) is 47.6. The summed E-state index contributed by atoms with van der Waals surface area (Å²) in [7, 11) is 0. The third kappa shape index (κ3) is 8.50. The van der Waals surface area contributed by atoms with E-state index in [0.717, 1.165) is 112 Å². The van der Waals surface area contributed by atoms with Gasteiger partial charge in [-0.1, -0.05) is 224 Å². The third-order valence-corrected chi connectivity index (χ3v) is 17.2. The Hall–Kier alpha value is -11.8. The SMILES string of the molecule is c1ccc(-c2cc(-c3cc(-c4nc(-c5ccccc5)nc(-c5ccccc5)n4)ccc3-n3c4ccccc4c4ccccc43)nc(-c3cccc(-c4ccc5c6c4N(c4ccccc4)c4ccccc4B6c4ccccc4N5c4ccccc4)c3)n2)cc1. The summed E-state index contributed by atoms with van der Waals surface area (Å²) in [5.74, 6) is 2.32. The molecule has 0 saturated heterocycles. The molecule has 0 radical (unpaired) electrons. The van der Waals surface area contributed by atoms with Crippen LogP contribution in [0.15, 0.2) is 309 Å². The molecule has 2 aliphatic rings. The quantitative estimate of drug-likeness (QED) is 0.126. The molecule has 0 saturated carbocycles. The normalized spacial score (nSPS) is 12.2. The number of rotatable bonds is 10. The van der Waals surface area contributed by atoms with E-state index in [4.69, 9.17) is 24.9 Å². The second-order valence-electron chi connectivity index (χ2n) is 22.3. The Morgan fingerprint density at radius 3 is 1.32 bits per heavy atom. The molecule has 0 unspecified atom stereocenters. The molecule has 12 aromatic carbocycles. The van der Waals surface area contributed by atoms with Gasteiger partial charge in [-0.3, -0.25) is 0 Å². The topological polar surface area (TPSA) is 75.9 Å². The first kappa shape index (κ1) is 50.7. The standard InChI is InChI=1S/C79H51BN8/c1-6-25-52(26-7-1)66-51-67(63-50-57(45-47-70(63)88-68-41-20-16-37-61(68)62-38-17-21-42-69(62)88)79-84-76(53-27-8-2-9-28-53)83-77(85-79)54-29-10-3-11-30-54)82-78(81-66)56-32-24-31-55(49-56)60-46-48-73-74-75(60)87(59-35-14-5-15-36-59)72-44-23-19-40-65(72)80(74)64-39-18-22-43-71(64)86(73)58-33-12-4-13-34-58/h1-51H. The highest BCUT2D eigenvalue weighted by Crippen LogP contribution is 2.48. The van der Waals surface area contributed by atoms with Crippen molar-refractivity contribution in [2.24, 2.45) is 0 Å². The lowest BCUT2D eigenvalue weighted by Crippen LogP contribution is -2.61. The zero-order chi connectivity index (χ0) is 58.1. The van der Waals surface area contributed by atoms with Crippen molar-refractivity contribution < 1.29 is 0 Å². The maximum atomic E-state index is 5.73. The lowest BCUT2D eigenvalue weighted by molar-refractivity contribution is 1.07. The average molecular weight is 1120 g/mol. The average Bonchev–Trinajstić information content (AvgIpc) is 0.835. The Morgan fingerprint density at radius 1 is 0.261 bits per heavy atom. The summed E-state index contributed by atoms with van der Waals surface area (Å²) >= 11 is 0. The molecule has 0 amide bonds. The van der Waals surface area contributed by atoms with Crippen molar-refractivity contribution in [2.45, 2.75) is 0 Å². The molecule has 0 spiro atoms. The van der Waals surface area contributed by atoms with Crippen molar-refractivity contribution in [1.82, 2.24) is 29.5 Å². The highest BCUT2D eigenvalue weighted by Gasteiger charge is 2.44. The van der Waals surface area contributed by atoms with Crippen molar-refractivity contribution in [1.29, 1.82) is 0 Å². The molecule has 410 valence electrons. The van der Waals surface area contributed by atoms with E-state index in [1.54, 1.807) is 0 Å². The molecule has 9 heteroatoms. The van der Waals surface area contributed by atoms with Gasteiger partial charge in [-0.25, -0.2) is 24.9 Å². The van der Waals surface area contributed by atoms with Gasteiger partial charge in [0.1, 0.15) is 0 Å². The Morgan fingerprint density at radius 2 is 0.705 bits per heavy atom. The minimum absolute atomic E-state index is 0.0409. The predicted molar refractivity (Wildman–Crippen MR) is 362 cm³/mol. The van der Waals surface area contributed by atoms with E-state index in [2.05, 4.69) is 257 Å². The number of benzene rings is 12. The van der Waals surface area contributed by atoms with E-state index < -0.39 is 0 Å². The Bertz CT molecular complexity index is 5050. The molecule has 0 aliphatic carbocycles. The summed E-state index contributed by atoms with van der Waals surface area (Å²) in [5.41, 5.74) is 22.7. The van der Waals surface area contributed by atoms with Crippen molar-refractivity contribution in [3.63, 3.8) is 0 Å².